The molecule has 1 amide bonds. The summed E-state index contributed by atoms with van der Waals surface area (Å²) in [6.07, 6.45) is 8.68. The topological polar surface area (TPSA) is 54.5 Å². The summed E-state index contributed by atoms with van der Waals surface area (Å²) in [7, 11) is 0. The van der Waals surface area contributed by atoms with E-state index in [-0.39, 0.29) is 12.1 Å². The van der Waals surface area contributed by atoms with Gasteiger partial charge in [0.25, 0.3) is 0 Å². The maximum atomic E-state index is 12.6. The van der Waals surface area contributed by atoms with Gasteiger partial charge in [-0.3, -0.25) is 0 Å². The number of benzene rings is 1. The Kier molecular flexibility index (Phi) is 5.56. The summed E-state index contributed by atoms with van der Waals surface area (Å²) in [5, 5.41) is 3.51. The van der Waals surface area contributed by atoms with Crippen molar-refractivity contribution in [3.8, 4) is 0 Å². The summed E-state index contributed by atoms with van der Waals surface area (Å²) in [6, 6.07) is 14.5. The molecule has 1 aliphatic carbocycles. The van der Waals surface area contributed by atoms with Gasteiger partial charge >= 0.3 is 6.09 Å². The zero-order valence-electron chi connectivity index (χ0n) is 15.6. The third kappa shape index (κ3) is 4.41. The maximum absolute atomic E-state index is 12.6. The Morgan fingerprint density at radius 3 is 2.63 bits per heavy atom. The van der Waals surface area contributed by atoms with E-state index in [0.717, 1.165) is 36.3 Å². The van der Waals surface area contributed by atoms with Gasteiger partial charge in [-0.25, -0.2) is 9.78 Å². The molecule has 1 saturated heterocycles. The average Bonchev–Trinajstić information content (AvgIpc) is 3.40. The SMILES string of the molecule is O=C(OCc1ccccc1)N1CCCC1c1ccc(NC2CCCC2)nc1. The number of pyridine rings is 1. The van der Waals surface area contributed by atoms with Gasteiger partial charge in [-0.05, 0) is 42.9 Å². The van der Waals surface area contributed by atoms with Gasteiger partial charge in [-0.1, -0.05) is 49.2 Å². The summed E-state index contributed by atoms with van der Waals surface area (Å²) in [5.41, 5.74) is 2.09. The second-order valence-corrected chi connectivity index (χ2v) is 7.49. The van der Waals surface area contributed by atoms with Crippen LogP contribution in [0.2, 0.25) is 0 Å². The van der Waals surface area contributed by atoms with Gasteiger partial charge in [-0.15, -0.1) is 0 Å². The van der Waals surface area contributed by atoms with Gasteiger partial charge in [0.1, 0.15) is 12.4 Å². The number of hydrogen-bond donors (Lipinski definition) is 1. The van der Waals surface area contributed by atoms with Gasteiger partial charge in [-0.2, -0.15) is 0 Å². The highest BCUT2D eigenvalue weighted by molar-refractivity contribution is 5.68. The molecule has 1 aromatic carbocycles. The summed E-state index contributed by atoms with van der Waals surface area (Å²) < 4.78 is 5.53. The third-order valence-electron chi connectivity index (χ3n) is 5.57. The molecule has 5 nitrogen and oxygen atoms in total. The van der Waals surface area contributed by atoms with Crippen LogP contribution in [0.5, 0.6) is 0 Å². The molecule has 0 spiro atoms. The molecule has 1 N–H and O–H groups in total. The normalized spacial score (nSPS) is 20.0. The van der Waals surface area contributed by atoms with Crippen LogP contribution in [0.4, 0.5) is 10.6 Å². The number of nitrogens with zero attached hydrogens (tertiary/aromatic N) is 2. The number of carbonyl (C=O) groups is 1. The molecule has 1 atom stereocenters. The lowest BCUT2D eigenvalue weighted by Gasteiger charge is -2.24. The van der Waals surface area contributed by atoms with Crippen LogP contribution in [0.15, 0.2) is 48.7 Å². The molecule has 2 aliphatic rings. The minimum atomic E-state index is -0.241. The molecule has 5 heteroatoms. The number of nitrogens with one attached hydrogen (secondary N) is 1. The lowest BCUT2D eigenvalue weighted by Crippen LogP contribution is -2.31. The fraction of sp³-hybridized carbons (Fsp3) is 0.455. The maximum Gasteiger partial charge on any atom is 0.410 e. The van der Waals surface area contributed by atoms with Crippen molar-refractivity contribution in [2.75, 3.05) is 11.9 Å². The number of anilines is 1. The zero-order chi connectivity index (χ0) is 18.5. The molecule has 2 fully saturated rings. The Bertz CT molecular complexity index is 742. The molecule has 2 aromatic rings. The first kappa shape index (κ1) is 17.8. The van der Waals surface area contributed by atoms with Crippen molar-refractivity contribution in [3.63, 3.8) is 0 Å². The number of ether oxygens (including phenoxy) is 1. The van der Waals surface area contributed by atoms with Crippen molar-refractivity contribution in [2.45, 2.75) is 57.2 Å². The molecule has 1 saturated carbocycles. The molecular weight excluding hydrogens is 338 g/mol. The highest BCUT2D eigenvalue weighted by Crippen LogP contribution is 2.32. The van der Waals surface area contributed by atoms with E-state index in [2.05, 4.69) is 16.4 Å². The third-order valence-corrected chi connectivity index (χ3v) is 5.57. The van der Waals surface area contributed by atoms with Crippen molar-refractivity contribution in [1.82, 2.24) is 9.88 Å². The van der Waals surface area contributed by atoms with E-state index in [0.29, 0.717) is 12.6 Å². The molecule has 0 bridgehead atoms. The fourth-order valence-corrected chi connectivity index (χ4v) is 4.10. The summed E-state index contributed by atoms with van der Waals surface area (Å²) >= 11 is 0. The van der Waals surface area contributed by atoms with Crippen LogP contribution < -0.4 is 5.32 Å². The van der Waals surface area contributed by atoms with Crippen LogP contribution in [0.3, 0.4) is 0 Å². The Balaban J connectivity index is 1.36. The number of aromatic nitrogens is 1. The summed E-state index contributed by atoms with van der Waals surface area (Å²) in [4.78, 5) is 19.0. The van der Waals surface area contributed by atoms with Crippen molar-refractivity contribution in [3.05, 3.63) is 59.8 Å². The second kappa shape index (κ2) is 8.42. The molecule has 1 aromatic heterocycles. The standard InChI is InChI=1S/C22H27N3O2/c26-22(27-16-17-7-2-1-3-8-17)25-14-6-11-20(25)18-12-13-21(23-15-18)24-19-9-4-5-10-19/h1-3,7-8,12-13,15,19-20H,4-6,9-11,14,16H2,(H,23,24). The smallest absolute Gasteiger partial charge is 0.410 e. The number of rotatable bonds is 5. The Morgan fingerprint density at radius 2 is 1.89 bits per heavy atom. The molecule has 1 aliphatic heterocycles. The van der Waals surface area contributed by atoms with E-state index >= 15 is 0 Å². The Hall–Kier alpha value is -2.56. The molecule has 2 heterocycles. The van der Waals surface area contributed by atoms with E-state index in [1.165, 1.54) is 25.7 Å². The Morgan fingerprint density at radius 1 is 1.07 bits per heavy atom. The molecule has 142 valence electrons. The van der Waals surface area contributed by atoms with E-state index in [9.17, 15) is 4.79 Å². The lowest BCUT2D eigenvalue weighted by atomic mass is 10.1. The first-order chi connectivity index (χ1) is 13.3. The van der Waals surface area contributed by atoms with Gasteiger partial charge < -0.3 is 15.0 Å². The van der Waals surface area contributed by atoms with Gasteiger partial charge in [0, 0.05) is 18.8 Å². The highest BCUT2D eigenvalue weighted by Gasteiger charge is 2.31. The van der Waals surface area contributed by atoms with Crippen molar-refractivity contribution in [1.29, 1.82) is 0 Å². The summed E-state index contributed by atoms with van der Waals surface area (Å²) in [6.45, 7) is 1.05. The first-order valence-electron chi connectivity index (χ1n) is 9.99. The fourth-order valence-electron chi connectivity index (χ4n) is 4.10. The number of likely N-dealkylation sites (tertiary alicyclic amines) is 1. The number of amides is 1. The van der Waals surface area contributed by atoms with Crippen LogP contribution >= 0.6 is 0 Å². The predicted molar refractivity (Wildman–Crippen MR) is 105 cm³/mol. The first-order valence-corrected chi connectivity index (χ1v) is 9.99. The van der Waals surface area contributed by atoms with Crippen molar-refractivity contribution < 1.29 is 9.53 Å². The Labute approximate surface area is 160 Å². The predicted octanol–water partition coefficient (Wildman–Crippen LogP) is 4.91. The number of hydrogen-bond acceptors (Lipinski definition) is 4. The van der Waals surface area contributed by atoms with Crippen LogP contribution in [-0.2, 0) is 11.3 Å². The largest absolute Gasteiger partial charge is 0.445 e. The van der Waals surface area contributed by atoms with Gasteiger partial charge in [0.2, 0.25) is 0 Å². The monoisotopic (exact) mass is 365 g/mol. The molecule has 1 unspecified atom stereocenters. The molecule has 0 radical (unpaired) electrons. The minimum absolute atomic E-state index is 0.0568. The minimum Gasteiger partial charge on any atom is -0.445 e. The van der Waals surface area contributed by atoms with E-state index < -0.39 is 0 Å². The van der Waals surface area contributed by atoms with Crippen LogP contribution in [-0.4, -0.2) is 28.6 Å². The van der Waals surface area contributed by atoms with E-state index in [1.807, 2.05) is 47.5 Å². The zero-order valence-corrected chi connectivity index (χ0v) is 15.6. The van der Waals surface area contributed by atoms with Crippen LogP contribution in [0, 0.1) is 0 Å². The summed E-state index contributed by atoms with van der Waals surface area (Å²) in [5.74, 6) is 0.932. The van der Waals surface area contributed by atoms with Crippen molar-refractivity contribution in [2.24, 2.45) is 0 Å². The van der Waals surface area contributed by atoms with Crippen LogP contribution in [0.1, 0.15) is 55.7 Å². The average molecular weight is 365 g/mol. The van der Waals surface area contributed by atoms with E-state index in [4.69, 9.17) is 4.74 Å². The number of carbonyl (C=O) groups excluding carboxylic acids is 1. The molecular formula is C22H27N3O2. The quantitative estimate of drug-likeness (QED) is 0.818. The van der Waals surface area contributed by atoms with Gasteiger partial charge in [0.15, 0.2) is 0 Å². The van der Waals surface area contributed by atoms with Gasteiger partial charge in [0.05, 0.1) is 6.04 Å². The second-order valence-electron chi connectivity index (χ2n) is 7.49. The van der Waals surface area contributed by atoms with E-state index in [1.54, 1.807) is 0 Å². The molecule has 4 rings (SSSR count). The highest BCUT2D eigenvalue weighted by atomic mass is 16.6. The van der Waals surface area contributed by atoms with Crippen molar-refractivity contribution >= 4 is 11.9 Å². The van der Waals surface area contributed by atoms with Crippen LogP contribution in [0.25, 0.3) is 0 Å². The lowest BCUT2D eigenvalue weighted by molar-refractivity contribution is 0.0920. The molecule has 27 heavy (non-hydrogen) atoms.